The monoisotopic (exact) mass is 267 g/mol. The number of hydrogen-bond acceptors (Lipinski definition) is 3. The maximum absolute atomic E-state index is 12.6. The van der Waals surface area contributed by atoms with Crippen LogP contribution in [0.2, 0.25) is 0 Å². The molecule has 18 heavy (non-hydrogen) atoms. The molecule has 0 radical (unpaired) electrons. The van der Waals surface area contributed by atoms with Crippen molar-refractivity contribution in [1.29, 1.82) is 0 Å². The number of halogens is 3. The third kappa shape index (κ3) is 4.74. The molecule has 1 rings (SSSR count). The Kier molecular flexibility index (Phi) is 5.88. The van der Waals surface area contributed by atoms with Gasteiger partial charge < -0.3 is 10.6 Å². The molecule has 0 bridgehead atoms. The third-order valence-electron chi connectivity index (χ3n) is 3.52. The summed E-state index contributed by atoms with van der Waals surface area (Å²) in [5, 5.41) is 6.06. The van der Waals surface area contributed by atoms with Crippen LogP contribution in [0, 0.1) is 5.92 Å². The van der Waals surface area contributed by atoms with E-state index in [2.05, 4.69) is 29.4 Å². The molecular formula is C12H24F3N3. The van der Waals surface area contributed by atoms with Gasteiger partial charge in [-0.25, -0.2) is 0 Å². The van der Waals surface area contributed by atoms with Gasteiger partial charge in [0.05, 0.1) is 5.92 Å². The summed E-state index contributed by atoms with van der Waals surface area (Å²) in [5.74, 6) is -1.18. The molecule has 3 nitrogen and oxygen atoms in total. The molecule has 108 valence electrons. The first kappa shape index (κ1) is 15.7. The van der Waals surface area contributed by atoms with Crippen molar-refractivity contribution in [3.63, 3.8) is 0 Å². The Bertz CT molecular complexity index is 243. The molecule has 1 saturated heterocycles. The lowest BCUT2D eigenvalue weighted by Gasteiger charge is -2.29. The van der Waals surface area contributed by atoms with E-state index >= 15 is 0 Å². The molecule has 1 fully saturated rings. The van der Waals surface area contributed by atoms with Crippen LogP contribution < -0.4 is 10.6 Å². The summed E-state index contributed by atoms with van der Waals surface area (Å²) < 4.78 is 37.7. The minimum Gasteiger partial charge on any atom is -0.318 e. The molecule has 1 aliphatic rings. The van der Waals surface area contributed by atoms with Crippen molar-refractivity contribution in [2.75, 3.05) is 33.2 Å². The lowest BCUT2D eigenvalue weighted by molar-refractivity contribution is -0.169. The van der Waals surface area contributed by atoms with Gasteiger partial charge in [-0.3, -0.25) is 4.90 Å². The van der Waals surface area contributed by atoms with Gasteiger partial charge in [0, 0.05) is 38.3 Å². The van der Waals surface area contributed by atoms with E-state index in [4.69, 9.17) is 0 Å². The molecule has 0 aromatic rings. The molecule has 2 atom stereocenters. The summed E-state index contributed by atoms with van der Waals surface area (Å²) in [5.41, 5.74) is 0. The fourth-order valence-corrected chi connectivity index (χ4v) is 2.31. The number of nitrogens with zero attached hydrogens (tertiary/aromatic N) is 1. The van der Waals surface area contributed by atoms with E-state index in [9.17, 15) is 13.2 Å². The highest BCUT2D eigenvalue weighted by Crippen LogP contribution is 2.32. The van der Waals surface area contributed by atoms with Crippen LogP contribution in [0.4, 0.5) is 13.2 Å². The average molecular weight is 267 g/mol. The zero-order valence-electron chi connectivity index (χ0n) is 11.3. The van der Waals surface area contributed by atoms with E-state index in [1.54, 1.807) is 0 Å². The van der Waals surface area contributed by atoms with E-state index in [-0.39, 0.29) is 19.0 Å². The van der Waals surface area contributed by atoms with Gasteiger partial charge in [0.2, 0.25) is 0 Å². The summed E-state index contributed by atoms with van der Waals surface area (Å²) in [6.45, 7) is 6.62. The Morgan fingerprint density at radius 2 is 2.06 bits per heavy atom. The first-order valence-electron chi connectivity index (χ1n) is 6.53. The van der Waals surface area contributed by atoms with Crippen molar-refractivity contribution in [3.05, 3.63) is 0 Å². The van der Waals surface area contributed by atoms with Crippen molar-refractivity contribution >= 4 is 0 Å². The second-order valence-electron chi connectivity index (χ2n) is 5.27. The fourth-order valence-electron chi connectivity index (χ4n) is 2.31. The molecule has 6 heteroatoms. The van der Waals surface area contributed by atoms with Crippen molar-refractivity contribution in [1.82, 2.24) is 15.5 Å². The number of nitrogens with one attached hydrogen (secondary N) is 2. The quantitative estimate of drug-likeness (QED) is 0.763. The van der Waals surface area contributed by atoms with E-state index < -0.39 is 12.1 Å². The molecule has 2 unspecified atom stereocenters. The highest BCUT2D eigenvalue weighted by molar-refractivity contribution is 4.87. The first-order chi connectivity index (χ1) is 8.34. The maximum Gasteiger partial charge on any atom is 0.393 e. The van der Waals surface area contributed by atoms with Crippen molar-refractivity contribution in [2.24, 2.45) is 5.92 Å². The van der Waals surface area contributed by atoms with Gasteiger partial charge in [0.25, 0.3) is 0 Å². The number of likely N-dealkylation sites (N-methyl/N-ethyl adjacent to an activating group) is 1. The predicted octanol–water partition coefficient (Wildman–Crippen LogP) is 1.46. The summed E-state index contributed by atoms with van der Waals surface area (Å²) in [7, 11) is 1.88. The smallest absolute Gasteiger partial charge is 0.318 e. The molecule has 0 amide bonds. The van der Waals surface area contributed by atoms with Crippen LogP contribution in [0.15, 0.2) is 0 Å². The molecule has 1 heterocycles. The van der Waals surface area contributed by atoms with E-state index in [0.29, 0.717) is 12.6 Å². The molecule has 0 spiro atoms. The van der Waals surface area contributed by atoms with Gasteiger partial charge in [-0.05, 0) is 27.3 Å². The van der Waals surface area contributed by atoms with Crippen molar-refractivity contribution in [2.45, 2.75) is 38.5 Å². The summed E-state index contributed by atoms with van der Waals surface area (Å²) in [6.07, 6.45) is -3.86. The topological polar surface area (TPSA) is 27.3 Å². The molecule has 0 aromatic carbocycles. The number of alkyl halides is 3. The van der Waals surface area contributed by atoms with Crippen molar-refractivity contribution in [3.8, 4) is 0 Å². The highest BCUT2D eigenvalue weighted by Gasteiger charge is 2.44. The van der Waals surface area contributed by atoms with Crippen LogP contribution in [-0.4, -0.2) is 56.4 Å². The predicted molar refractivity (Wildman–Crippen MR) is 66.6 cm³/mol. The Labute approximate surface area is 107 Å². The van der Waals surface area contributed by atoms with Gasteiger partial charge >= 0.3 is 6.18 Å². The van der Waals surface area contributed by atoms with Crippen LogP contribution in [0.5, 0.6) is 0 Å². The second kappa shape index (κ2) is 6.73. The van der Waals surface area contributed by atoms with E-state index in [1.807, 2.05) is 7.05 Å². The Balaban J connectivity index is 2.42. The van der Waals surface area contributed by atoms with Crippen LogP contribution in [-0.2, 0) is 0 Å². The molecule has 2 N–H and O–H groups in total. The normalized spacial score (nSPS) is 25.3. The van der Waals surface area contributed by atoms with Gasteiger partial charge in [-0.2, -0.15) is 13.2 Å². The molecule has 0 saturated carbocycles. The first-order valence-corrected chi connectivity index (χ1v) is 6.53. The van der Waals surface area contributed by atoms with Gasteiger partial charge in [0.15, 0.2) is 0 Å². The Hall–Kier alpha value is -0.330. The van der Waals surface area contributed by atoms with Crippen LogP contribution in [0.25, 0.3) is 0 Å². The Morgan fingerprint density at radius 3 is 2.50 bits per heavy atom. The van der Waals surface area contributed by atoms with E-state index in [1.165, 1.54) is 0 Å². The SMILES string of the molecule is CNCCN(CC1CC(C(F)(F)F)CN1)C(C)C. The van der Waals surface area contributed by atoms with Crippen LogP contribution in [0.3, 0.4) is 0 Å². The standard InChI is InChI=1S/C12H24F3N3/c1-9(2)18(5-4-16-3)8-11-6-10(7-17-11)12(13,14)15/h9-11,16-17H,4-8H2,1-3H3. The lowest BCUT2D eigenvalue weighted by atomic mass is 10.0. The van der Waals surface area contributed by atoms with Crippen LogP contribution in [0.1, 0.15) is 20.3 Å². The zero-order chi connectivity index (χ0) is 13.8. The van der Waals surface area contributed by atoms with Gasteiger partial charge in [-0.1, -0.05) is 0 Å². The Morgan fingerprint density at radius 1 is 1.39 bits per heavy atom. The summed E-state index contributed by atoms with van der Waals surface area (Å²) in [4.78, 5) is 2.22. The summed E-state index contributed by atoms with van der Waals surface area (Å²) in [6, 6.07) is 0.306. The summed E-state index contributed by atoms with van der Waals surface area (Å²) >= 11 is 0. The minimum atomic E-state index is -4.06. The van der Waals surface area contributed by atoms with Crippen molar-refractivity contribution < 1.29 is 13.2 Å². The van der Waals surface area contributed by atoms with Gasteiger partial charge in [-0.15, -0.1) is 0 Å². The largest absolute Gasteiger partial charge is 0.393 e. The molecular weight excluding hydrogens is 243 g/mol. The lowest BCUT2D eigenvalue weighted by Crippen LogP contribution is -2.43. The minimum absolute atomic E-state index is 0.0455. The average Bonchev–Trinajstić information content (AvgIpc) is 2.71. The molecule has 0 aliphatic carbocycles. The number of rotatable bonds is 6. The van der Waals surface area contributed by atoms with Crippen LogP contribution >= 0.6 is 0 Å². The third-order valence-corrected chi connectivity index (χ3v) is 3.52. The molecule has 1 aliphatic heterocycles. The van der Waals surface area contributed by atoms with E-state index in [0.717, 1.165) is 13.1 Å². The molecule has 0 aromatic heterocycles. The second-order valence-corrected chi connectivity index (χ2v) is 5.27. The zero-order valence-corrected chi connectivity index (χ0v) is 11.3. The van der Waals surface area contributed by atoms with Gasteiger partial charge in [0.1, 0.15) is 0 Å². The number of hydrogen-bond donors (Lipinski definition) is 2. The highest BCUT2D eigenvalue weighted by atomic mass is 19.4. The maximum atomic E-state index is 12.6. The fraction of sp³-hybridized carbons (Fsp3) is 1.00.